The van der Waals surface area contributed by atoms with Crippen LogP contribution < -0.4 is 14.8 Å². The number of nitrogens with one attached hydrogen (secondary N) is 1. The lowest BCUT2D eigenvalue weighted by molar-refractivity contribution is -0.115. The van der Waals surface area contributed by atoms with Gasteiger partial charge in [0.1, 0.15) is 0 Å². The van der Waals surface area contributed by atoms with E-state index in [9.17, 15) is 4.79 Å². The second-order valence-corrected chi connectivity index (χ2v) is 7.78. The van der Waals surface area contributed by atoms with Crippen molar-refractivity contribution >= 4 is 23.2 Å². The van der Waals surface area contributed by atoms with Crippen molar-refractivity contribution in [2.45, 2.75) is 13.3 Å². The van der Waals surface area contributed by atoms with Gasteiger partial charge in [-0.15, -0.1) is 10.2 Å². The Bertz CT molecular complexity index is 1300. The maximum Gasteiger partial charge on any atom is 0.248 e. The van der Waals surface area contributed by atoms with Crippen LogP contribution in [0.3, 0.4) is 0 Å². The van der Waals surface area contributed by atoms with Gasteiger partial charge < -0.3 is 19.2 Å². The predicted octanol–water partition coefficient (Wildman–Crippen LogP) is 5.56. The van der Waals surface area contributed by atoms with Crippen LogP contribution in [0.5, 0.6) is 11.5 Å². The highest BCUT2D eigenvalue weighted by Crippen LogP contribution is 2.29. The fraction of sp³-hybridized carbons (Fsp3) is 0.160. The zero-order valence-electron chi connectivity index (χ0n) is 18.4. The number of anilines is 1. The Labute approximate surface area is 196 Å². The van der Waals surface area contributed by atoms with Crippen molar-refractivity contribution in [1.29, 1.82) is 0 Å². The summed E-state index contributed by atoms with van der Waals surface area (Å²) in [6, 6.07) is 18.2. The van der Waals surface area contributed by atoms with Gasteiger partial charge in [0.05, 0.1) is 20.6 Å². The minimum absolute atomic E-state index is 0.167. The average molecular weight is 464 g/mol. The number of aryl methyl sites for hydroxylation is 1. The molecular formula is C25H22ClN3O4. The molecule has 0 aliphatic rings. The number of hydrogen-bond donors (Lipinski definition) is 1. The number of carbonyl (C=O) groups is 1. The van der Waals surface area contributed by atoms with Gasteiger partial charge in [-0.2, -0.15) is 0 Å². The second-order valence-electron chi connectivity index (χ2n) is 7.37. The second kappa shape index (κ2) is 9.75. The molecule has 0 atom stereocenters. The highest BCUT2D eigenvalue weighted by atomic mass is 35.5. The Morgan fingerprint density at radius 2 is 1.67 bits per heavy atom. The summed E-state index contributed by atoms with van der Waals surface area (Å²) in [7, 11) is 3.13. The maximum absolute atomic E-state index is 12.6. The van der Waals surface area contributed by atoms with Crippen LogP contribution in [-0.2, 0) is 11.2 Å². The van der Waals surface area contributed by atoms with E-state index in [2.05, 4.69) is 15.5 Å². The van der Waals surface area contributed by atoms with Crippen molar-refractivity contribution in [1.82, 2.24) is 10.2 Å². The van der Waals surface area contributed by atoms with E-state index < -0.39 is 0 Å². The summed E-state index contributed by atoms with van der Waals surface area (Å²) < 4.78 is 16.4. The van der Waals surface area contributed by atoms with E-state index in [0.717, 1.165) is 16.7 Å². The first kappa shape index (κ1) is 22.4. The molecule has 0 radical (unpaired) electrons. The molecule has 4 rings (SSSR count). The van der Waals surface area contributed by atoms with Gasteiger partial charge in [-0.05, 0) is 60.5 Å². The third kappa shape index (κ3) is 5.15. The smallest absolute Gasteiger partial charge is 0.248 e. The summed E-state index contributed by atoms with van der Waals surface area (Å²) in [6.45, 7) is 1.93. The Hall–Kier alpha value is -3.84. The molecule has 1 aromatic heterocycles. The largest absolute Gasteiger partial charge is 0.493 e. The molecule has 0 unspecified atom stereocenters. The van der Waals surface area contributed by atoms with Crippen LogP contribution in [0.15, 0.2) is 65.1 Å². The molecule has 8 heteroatoms. The van der Waals surface area contributed by atoms with Crippen molar-refractivity contribution in [3.8, 4) is 34.4 Å². The monoisotopic (exact) mass is 463 g/mol. The van der Waals surface area contributed by atoms with E-state index in [1.807, 2.05) is 37.3 Å². The van der Waals surface area contributed by atoms with Crippen LogP contribution in [0, 0.1) is 6.92 Å². The number of nitrogens with zero attached hydrogens (tertiary/aromatic N) is 2. The summed E-state index contributed by atoms with van der Waals surface area (Å²) in [5.41, 5.74) is 3.83. The van der Waals surface area contributed by atoms with Crippen LogP contribution in [0.4, 0.5) is 5.69 Å². The lowest BCUT2D eigenvalue weighted by Crippen LogP contribution is -2.14. The summed E-state index contributed by atoms with van der Waals surface area (Å²) >= 11 is 6.20. The number of halogens is 1. The van der Waals surface area contributed by atoms with E-state index >= 15 is 0 Å². The van der Waals surface area contributed by atoms with Crippen LogP contribution in [-0.4, -0.2) is 30.3 Å². The van der Waals surface area contributed by atoms with E-state index in [4.69, 9.17) is 25.5 Å². The van der Waals surface area contributed by atoms with Gasteiger partial charge in [-0.1, -0.05) is 29.8 Å². The summed E-state index contributed by atoms with van der Waals surface area (Å²) in [5.74, 6) is 1.74. The summed E-state index contributed by atoms with van der Waals surface area (Å²) in [5, 5.41) is 11.8. The molecule has 168 valence electrons. The molecular weight excluding hydrogens is 442 g/mol. The molecule has 1 amide bonds. The molecule has 0 bridgehead atoms. The standard InChI is InChI=1S/C25H22ClN3O4/c1-15-7-9-18(14-20(15)26)25-29-28-24(33-25)17-5-4-6-19(13-17)27-23(30)12-16-8-10-21(31-2)22(11-16)32-3/h4-11,13-14H,12H2,1-3H3,(H,27,30). The molecule has 0 fully saturated rings. The first-order valence-electron chi connectivity index (χ1n) is 10.2. The number of benzene rings is 3. The minimum Gasteiger partial charge on any atom is -0.493 e. The fourth-order valence-corrected chi connectivity index (χ4v) is 3.47. The number of methoxy groups -OCH3 is 2. The molecule has 4 aromatic rings. The first-order chi connectivity index (χ1) is 16.0. The van der Waals surface area contributed by atoms with Crippen LogP contribution in [0.25, 0.3) is 22.9 Å². The van der Waals surface area contributed by atoms with Crippen molar-refractivity contribution in [2.24, 2.45) is 0 Å². The normalized spacial score (nSPS) is 10.7. The van der Waals surface area contributed by atoms with Gasteiger partial charge in [0.25, 0.3) is 0 Å². The van der Waals surface area contributed by atoms with Gasteiger partial charge in [0.2, 0.25) is 17.7 Å². The van der Waals surface area contributed by atoms with Crippen molar-refractivity contribution in [2.75, 3.05) is 19.5 Å². The van der Waals surface area contributed by atoms with Gasteiger partial charge in [0, 0.05) is 21.8 Å². The van der Waals surface area contributed by atoms with Crippen LogP contribution in [0.2, 0.25) is 5.02 Å². The van der Waals surface area contributed by atoms with Gasteiger partial charge in [-0.25, -0.2) is 0 Å². The van der Waals surface area contributed by atoms with Crippen LogP contribution in [0.1, 0.15) is 11.1 Å². The number of hydrogen-bond acceptors (Lipinski definition) is 6. The Morgan fingerprint density at radius 3 is 2.36 bits per heavy atom. The highest BCUT2D eigenvalue weighted by molar-refractivity contribution is 6.31. The lowest BCUT2D eigenvalue weighted by Gasteiger charge is -2.10. The topological polar surface area (TPSA) is 86.5 Å². The van der Waals surface area contributed by atoms with Crippen LogP contribution >= 0.6 is 11.6 Å². The Balaban J connectivity index is 1.48. The van der Waals surface area contributed by atoms with Crippen molar-refractivity contribution in [3.05, 3.63) is 76.8 Å². The molecule has 0 aliphatic heterocycles. The molecule has 0 saturated heterocycles. The highest BCUT2D eigenvalue weighted by Gasteiger charge is 2.13. The third-order valence-electron chi connectivity index (χ3n) is 5.05. The molecule has 1 N–H and O–H groups in total. The third-order valence-corrected chi connectivity index (χ3v) is 5.46. The van der Waals surface area contributed by atoms with E-state index in [1.165, 1.54) is 0 Å². The molecule has 0 spiro atoms. The molecule has 0 saturated carbocycles. The average Bonchev–Trinajstić information content (AvgIpc) is 3.31. The zero-order chi connectivity index (χ0) is 23.4. The number of ether oxygens (including phenoxy) is 2. The first-order valence-corrected chi connectivity index (χ1v) is 10.6. The number of rotatable bonds is 7. The van der Waals surface area contributed by atoms with Crippen molar-refractivity contribution in [3.63, 3.8) is 0 Å². The van der Waals surface area contributed by atoms with Crippen molar-refractivity contribution < 1.29 is 18.7 Å². The van der Waals surface area contributed by atoms with E-state index in [1.54, 1.807) is 44.6 Å². The molecule has 3 aromatic carbocycles. The predicted molar refractivity (Wildman–Crippen MR) is 127 cm³/mol. The SMILES string of the molecule is COc1ccc(CC(=O)Nc2cccc(-c3nnc(-c4ccc(C)c(Cl)c4)o3)c2)cc1OC. The summed E-state index contributed by atoms with van der Waals surface area (Å²) in [6.07, 6.45) is 0.184. The number of amides is 1. The fourth-order valence-electron chi connectivity index (χ4n) is 3.29. The van der Waals surface area contributed by atoms with Gasteiger partial charge in [-0.3, -0.25) is 4.79 Å². The Kier molecular flexibility index (Phi) is 6.60. The number of aromatic nitrogens is 2. The molecule has 1 heterocycles. The Morgan fingerprint density at radius 1 is 0.939 bits per heavy atom. The minimum atomic E-state index is -0.167. The lowest BCUT2D eigenvalue weighted by atomic mass is 10.1. The quantitative estimate of drug-likeness (QED) is 0.386. The zero-order valence-corrected chi connectivity index (χ0v) is 19.1. The summed E-state index contributed by atoms with van der Waals surface area (Å²) in [4.78, 5) is 12.6. The number of carbonyl (C=O) groups excluding carboxylic acids is 1. The molecule has 33 heavy (non-hydrogen) atoms. The molecule has 7 nitrogen and oxygen atoms in total. The molecule has 0 aliphatic carbocycles. The van der Waals surface area contributed by atoms with Gasteiger partial charge >= 0.3 is 0 Å². The van der Waals surface area contributed by atoms with E-state index in [-0.39, 0.29) is 12.3 Å². The van der Waals surface area contributed by atoms with E-state index in [0.29, 0.717) is 39.6 Å². The van der Waals surface area contributed by atoms with Gasteiger partial charge in [0.15, 0.2) is 11.5 Å². The maximum atomic E-state index is 12.6.